The van der Waals surface area contributed by atoms with Crippen LogP contribution in [-0.4, -0.2) is 19.9 Å². The summed E-state index contributed by atoms with van der Waals surface area (Å²) in [6, 6.07) is 46.8. The standard InChI is InChI=1S/C42H24N4O2/c1-2-11-25(12-3-1)40-44-41(46-42(45-40)32-19-10-21-34-36(32)31-17-6-7-20-33(31)47-34)27-15-8-14-26(23-27)29-18-9-22-35-37(29)38-39(48-35)30-16-5-4-13-28(30)24-43-38/h1-24H. The molecule has 0 saturated heterocycles. The van der Waals surface area contributed by atoms with E-state index in [1.54, 1.807) is 0 Å². The van der Waals surface area contributed by atoms with Gasteiger partial charge in [0.2, 0.25) is 0 Å². The van der Waals surface area contributed by atoms with Crippen molar-refractivity contribution in [2.45, 2.75) is 0 Å². The fourth-order valence-corrected chi connectivity index (χ4v) is 6.76. The maximum Gasteiger partial charge on any atom is 0.164 e. The van der Waals surface area contributed by atoms with Gasteiger partial charge in [0.1, 0.15) is 22.3 Å². The quantitative estimate of drug-likeness (QED) is 0.196. The lowest BCUT2D eigenvalue weighted by Gasteiger charge is -2.10. The van der Waals surface area contributed by atoms with Crippen LogP contribution in [0.4, 0.5) is 0 Å². The van der Waals surface area contributed by atoms with Gasteiger partial charge in [-0.1, -0.05) is 115 Å². The molecule has 0 unspecified atom stereocenters. The number of hydrogen-bond acceptors (Lipinski definition) is 6. The molecular formula is C42H24N4O2. The number of aromatic nitrogens is 4. The Balaban J connectivity index is 1.18. The molecule has 0 N–H and O–H groups in total. The summed E-state index contributed by atoms with van der Waals surface area (Å²) in [5.41, 5.74) is 8.78. The van der Waals surface area contributed by atoms with E-state index in [1.165, 1.54) is 0 Å². The zero-order valence-electron chi connectivity index (χ0n) is 25.5. The van der Waals surface area contributed by atoms with Crippen LogP contribution in [0.1, 0.15) is 0 Å². The van der Waals surface area contributed by atoms with Gasteiger partial charge in [-0.3, -0.25) is 4.98 Å². The fraction of sp³-hybridized carbons (Fsp3) is 0. The number of pyridine rings is 1. The van der Waals surface area contributed by atoms with Crippen LogP contribution in [0.15, 0.2) is 155 Å². The van der Waals surface area contributed by atoms with Crippen molar-refractivity contribution in [1.82, 2.24) is 19.9 Å². The van der Waals surface area contributed by atoms with Crippen LogP contribution >= 0.6 is 0 Å². The molecule has 0 saturated carbocycles. The number of rotatable bonds is 4. The monoisotopic (exact) mass is 616 g/mol. The third kappa shape index (κ3) is 4.13. The van der Waals surface area contributed by atoms with Gasteiger partial charge in [-0.25, -0.2) is 15.0 Å². The van der Waals surface area contributed by atoms with Gasteiger partial charge in [0, 0.05) is 44.4 Å². The van der Waals surface area contributed by atoms with E-state index in [0.29, 0.717) is 17.5 Å². The molecule has 6 aromatic carbocycles. The molecule has 6 nitrogen and oxygen atoms in total. The van der Waals surface area contributed by atoms with E-state index in [9.17, 15) is 0 Å². The molecule has 0 radical (unpaired) electrons. The second-order valence-corrected chi connectivity index (χ2v) is 11.8. The first-order valence-corrected chi connectivity index (χ1v) is 15.8. The number of fused-ring (bicyclic) bond motifs is 8. The molecule has 4 heterocycles. The Kier molecular flexibility index (Phi) is 5.77. The molecule has 10 rings (SSSR count). The largest absolute Gasteiger partial charge is 0.456 e. The summed E-state index contributed by atoms with van der Waals surface area (Å²) in [6.45, 7) is 0. The lowest BCUT2D eigenvalue weighted by atomic mass is 9.98. The summed E-state index contributed by atoms with van der Waals surface area (Å²) in [4.78, 5) is 20.0. The smallest absolute Gasteiger partial charge is 0.164 e. The first-order valence-electron chi connectivity index (χ1n) is 15.8. The van der Waals surface area contributed by atoms with Gasteiger partial charge in [-0.2, -0.15) is 0 Å². The van der Waals surface area contributed by atoms with Crippen molar-refractivity contribution >= 4 is 54.8 Å². The number of nitrogens with zero attached hydrogens (tertiary/aromatic N) is 4. The van der Waals surface area contributed by atoms with Crippen molar-refractivity contribution in [2.24, 2.45) is 0 Å². The molecular weight excluding hydrogens is 592 g/mol. The van der Waals surface area contributed by atoms with Gasteiger partial charge in [-0.15, -0.1) is 0 Å². The molecule has 0 aliphatic rings. The molecule has 10 aromatic rings. The summed E-state index contributed by atoms with van der Waals surface area (Å²) >= 11 is 0. The molecule has 0 amide bonds. The Bertz CT molecular complexity index is 2850. The third-order valence-electron chi connectivity index (χ3n) is 8.97. The highest BCUT2D eigenvalue weighted by molar-refractivity contribution is 6.17. The first-order chi connectivity index (χ1) is 23.8. The molecule has 4 aromatic heterocycles. The zero-order valence-corrected chi connectivity index (χ0v) is 25.5. The van der Waals surface area contributed by atoms with Crippen LogP contribution in [0.5, 0.6) is 0 Å². The zero-order chi connectivity index (χ0) is 31.6. The molecule has 0 aliphatic carbocycles. The first kappa shape index (κ1) is 26.5. The highest BCUT2D eigenvalue weighted by atomic mass is 16.3. The summed E-state index contributed by atoms with van der Waals surface area (Å²) in [7, 11) is 0. The van der Waals surface area contributed by atoms with E-state index in [0.717, 1.165) is 82.6 Å². The van der Waals surface area contributed by atoms with Crippen molar-refractivity contribution in [3.05, 3.63) is 146 Å². The third-order valence-corrected chi connectivity index (χ3v) is 8.97. The van der Waals surface area contributed by atoms with Crippen LogP contribution < -0.4 is 0 Å². The van der Waals surface area contributed by atoms with Crippen molar-refractivity contribution in [3.8, 4) is 45.3 Å². The Morgan fingerprint density at radius 3 is 1.92 bits per heavy atom. The van der Waals surface area contributed by atoms with E-state index in [1.807, 2.05) is 103 Å². The normalized spacial score (nSPS) is 11.8. The van der Waals surface area contributed by atoms with E-state index < -0.39 is 0 Å². The Hall–Kier alpha value is -6.66. The maximum atomic E-state index is 6.43. The summed E-state index contributed by atoms with van der Waals surface area (Å²) < 4.78 is 12.6. The predicted octanol–water partition coefficient (Wildman–Crippen LogP) is 10.9. The second-order valence-electron chi connectivity index (χ2n) is 11.8. The molecule has 48 heavy (non-hydrogen) atoms. The molecule has 6 heteroatoms. The van der Waals surface area contributed by atoms with E-state index in [2.05, 4.69) is 42.5 Å². The van der Waals surface area contributed by atoms with Crippen molar-refractivity contribution in [3.63, 3.8) is 0 Å². The minimum atomic E-state index is 0.582. The molecule has 0 spiro atoms. The van der Waals surface area contributed by atoms with Gasteiger partial charge in [0.15, 0.2) is 23.1 Å². The van der Waals surface area contributed by atoms with Crippen molar-refractivity contribution in [1.29, 1.82) is 0 Å². The molecule has 0 atom stereocenters. The highest BCUT2D eigenvalue weighted by Gasteiger charge is 2.19. The average molecular weight is 617 g/mol. The minimum absolute atomic E-state index is 0.582. The minimum Gasteiger partial charge on any atom is -0.456 e. The molecule has 0 fully saturated rings. The molecule has 0 aliphatic heterocycles. The second kappa shape index (κ2) is 10.4. The van der Waals surface area contributed by atoms with Gasteiger partial charge in [0.25, 0.3) is 0 Å². The number of benzene rings is 6. The van der Waals surface area contributed by atoms with Gasteiger partial charge in [0.05, 0.1) is 5.39 Å². The fourth-order valence-electron chi connectivity index (χ4n) is 6.76. The van der Waals surface area contributed by atoms with E-state index >= 15 is 0 Å². The maximum absolute atomic E-state index is 6.43. The van der Waals surface area contributed by atoms with Gasteiger partial charge >= 0.3 is 0 Å². The van der Waals surface area contributed by atoms with Gasteiger partial charge < -0.3 is 8.83 Å². The van der Waals surface area contributed by atoms with Crippen LogP contribution in [0.3, 0.4) is 0 Å². The SMILES string of the molecule is c1ccc(-c2nc(-c3cccc(-c4cccc5oc6c7ccccc7cnc6c45)c3)nc(-c3cccc4oc5ccccc5c34)n2)cc1. The average Bonchev–Trinajstić information content (AvgIpc) is 3.74. The Morgan fingerprint density at radius 2 is 1.04 bits per heavy atom. The van der Waals surface area contributed by atoms with Crippen LogP contribution in [0, 0.1) is 0 Å². The summed E-state index contributed by atoms with van der Waals surface area (Å²) in [5.74, 6) is 1.77. The number of furan rings is 2. The van der Waals surface area contributed by atoms with Crippen LogP contribution in [-0.2, 0) is 0 Å². The molecule has 0 bridgehead atoms. The molecule has 224 valence electrons. The topological polar surface area (TPSA) is 77.8 Å². The van der Waals surface area contributed by atoms with E-state index in [4.69, 9.17) is 28.8 Å². The number of hydrogen-bond donors (Lipinski definition) is 0. The van der Waals surface area contributed by atoms with Crippen LogP contribution in [0.25, 0.3) is 100 Å². The predicted molar refractivity (Wildman–Crippen MR) is 191 cm³/mol. The van der Waals surface area contributed by atoms with Crippen molar-refractivity contribution < 1.29 is 8.83 Å². The Labute approximate surface area is 274 Å². The summed E-state index contributed by atoms with van der Waals surface area (Å²) in [6.07, 6.45) is 1.92. The summed E-state index contributed by atoms with van der Waals surface area (Å²) in [5, 5.41) is 5.08. The van der Waals surface area contributed by atoms with E-state index in [-0.39, 0.29) is 0 Å². The number of para-hydroxylation sites is 1. The Morgan fingerprint density at radius 1 is 0.417 bits per heavy atom. The lowest BCUT2D eigenvalue weighted by molar-refractivity contribution is 0.669. The van der Waals surface area contributed by atoms with Crippen LogP contribution in [0.2, 0.25) is 0 Å². The lowest BCUT2D eigenvalue weighted by Crippen LogP contribution is -2.00. The van der Waals surface area contributed by atoms with Gasteiger partial charge in [-0.05, 0) is 35.4 Å². The van der Waals surface area contributed by atoms with Crippen molar-refractivity contribution in [2.75, 3.05) is 0 Å². The highest BCUT2D eigenvalue weighted by Crippen LogP contribution is 2.40.